The van der Waals surface area contributed by atoms with Crippen LogP contribution in [0.15, 0.2) is 4.52 Å². The van der Waals surface area contributed by atoms with Crippen LogP contribution < -0.4 is 0 Å². The summed E-state index contributed by atoms with van der Waals surface area (Å²) in [6.07, 6.45) is -0.333. The number of aliphatic hydroxyl groups is 2. The second kappa shape index (κ2) is 3.69. The summed E-state index contributed by atoms with van der Waals surface area (Å²) in [5, 5.41) is 21.0. The third kappa shape index (κ3) is 2.06. The molecule has 0 radical (unpaired) electrons. The van der Waals surface area contributed by atoms with Gasteiger partial charge in [-0.25, -0.2) is 0 Å². The van der Waals surface area contributed by atoms with Gasteiger partial charge in [-0.2, -0.15) is 0 Å². The Bertz CT molecular complexity index is 235. The zero-order valence-electron chi connectivity index (χ0n) is 7.24. The fourth-order valence-electron chi connectivity index (χ4n) is 1.13. The molecular weight excluding hydrogens is 158 g/mol. The van der Waals surface area contributed by atoms with Crippen LogP contribution in [-0.2, 0) is 6.42 Å². The highest BCUT2D eigenvalue weighted by Crippen LogP contribution is 2.14. The summed E-state index contributed by atoms with van der Waals surface area (Å²) in [5.41, 5.74) is 1.80. The lowest BCUT2D eigenvalue weighted by atomic mass is 10.1. The van der Waals surface area contributed by atoms with E-state index in [1.165, 1.54) is 0 Å². The van der Waals surface area contributed by atoms with E-state index in [2.05, 4.69) is 5.16 Å². The molecule has 0 atom stereocenters. The first-order valence-corrected chi connectivity index (χ1v) is 3.89. The van der Waals surface area contributed by atoms with E-state index in [0.29, 0.717) is 12.8 Å². The lowest BCUT2D eigenvalue weighted by Gasteiger charge is -2.01. The molecule has 2 N–H and O–H groups in total. The number of rotatable bonds is 3. The number of aliphatic hydroxyl groups excluding tert-OH is 1. The summed E-state index contributed by atoms with van der Waals surface area (Å²) >= 11 is 0. The Kier molecular flexibility index (Phi) is 2.83. The van der Waals surface area contributed by atoms with Crippen LogP contribution in [0.5, 0.6) is 0 Å². The number of aromatic nitrogens is 1. The average molecular weight is 171 g/mol. The van der Waals surface area contributed by atoms with Crippen LogP contribution in [-0.4, -0.2) is 21.7 Å². The number of hydrogen-bond acceptors (Lipinski definition) is 4. The average Bonchev–Trinajstić information content (AvgIpc) is 2.28. The molecule has 0 spiro atoms. The van der Waals surface area contributed by atoms with Gasteiger partial charge in [0.05, 0.1) is 5.69 Å². The first kappa shape index (κ1) is 9.22. The molecule has 4 heteroatoms. The van der Waals surface area contributed by atoms with Gasteiger partial charge in [-0.15, -0.1) is 0 Å². The Labute approximate surface area is 70.8 Å². The Morgan fingerprint density at radius 3 is 2.50 bits per heavy atom. The van der Waals surface area contributed by atoms with Crippen molar-refractivity contribution in [2.24, 2.45) is 0 Å². The van der Waals surface area contributed by atoms with E-state index >= 15 is 0 Å². The Morgan fingerprint density at radius 2 is 2.08 bits per heavy atom. The molecule has 1 rings (SSSR count). The Hall–Kier alpha value is -0.870. The van der Waals surface area contributed by atoms with Gasteiger partial charge < -0.3 is 14.7 Å². The second-order valence-electron chi connectivity index (χ2n) is 2.82. The number of aryl methyl sites for hydroxylation is 2. The molecule has 68 valence electrons. The van der Waals surface area contributed by atoms with E-state index in [1.54, 1.807) is 0 Å². The Morgan fingerprint density at radius 1 is 1.42 bits per heavy atom. The first-order chi connectivity index (χ1) is 5.61. The third-order valence-electron chi connectivity index (χ3n) is 1.83. The van der Waals surface area contributed by atoms with Gasteiger partial charge in [-0.3, -0.25) is 0 Å². The van der Waals surface area contributed by atoms with Gasteiger partial charge in [0.25, 0.3) is 0 Å². The fourth-order valence-corrected chi connectivity index (χ4v) is 1.13. The molecule has 0 aromatic carbocycles. The van der Waals surface area contributed by atoms with Crippen molar-refractivity contribution in [3.05, 3.63) is 17.0 Å². The molecule has 0 fully saturated rings. The van der Waals surface area contributed by atoms with Gasteiger partial charge in [0.2, 0.25) is 0 Å². The minimum atomic E-state index is -1.25. The molecule has 0 saturated heterocycles. The van der Waals surface area contributed by atoms with Gasteiger partial charge in [-0.1, -0.05) is 5.16 Å². The summed E-state index contributed by atoms with van der Waals surface area (Å²) in [4.78, 5) is 0. The van der Waals surface area contributed by atoms with Gasteiger partial charge in [0.1, 0.15) is 5.76 Å². The zero-order chi connectivity index (χ0) is 9.14. The Balaban J connectivity index is 2.62. The molecule has 0 aliphatic heterocycles. The van der Waals surface area contributed by atoms with Crippen molar-refractivity contribution >= 4 is 0 Å². The molecule has 0 amide bonds. The van der Waals surface area contributed by atoms with E-state index in [9.17, 15) is 0 Å². The van der Waals surface area contributed by atoms with E-state index in [1.807, 2.05) is 13.8 Å². The van der Waals surface area contributed by atoms with Gasteiger partial charge in [0.15, 0.2) is 6.29 Å². The smallest absolute Gasteiger partial charge is 0.151 e. The van der Waals surface area contributed by atoms with E-state index in [-0.39, 0.29) is 0 Å². The largest absolute Gasteiger partial charge is 0.368 e. The number of nitrogens with zero attached hydrogens (tertiary/aromatic N) is 1. The summed E-state index contributed by atoms with van der Waals surface area (Å²) < 4.78 is 4.91. The van der Waals surface area contributed by atoms with Crippen LogP contribution in [0.1, 0.15) is 23.4 Å². The minimum absolute atomic E-state index is 0.322. The van der Waals surface area contributed by atoms with E-state index in [4.69, 9.17) is 14.7 Å². The number of hydrogen-bond donors (Lipinski definition) is 2. The maximum Gasteiger partial charge on any atom is 0.151 e. The maximum absolute atomic E-state index is 8.64. The van der Waals surface area contributed by atoms with Crippen LogP contribution >= 0.6 is 0 Å². The predicted molar refractivity (Wildman–Crippen MR) is 42.5 cm³/mol. The van der Waals surface area contributed by atoms with Crippen LogP contribution in [0.3, 0.4) is 0 Å². The molecule has 0 saturated carbocycles. The third-order valence-corrected chi connectivity index (χ3v) is 1.83. The van der Waals surface area contributed by atoms with Gasteiger partial charge >= 0.3 is 0 Å². The topological polar surface area (TPSA) is 66.5 Å². The quantitative estimate of drug-likeness (QED) is 0.651. The SMILES string of the molecule is Cc1noc(C)c1CCC(O)O. The minimum Gasteiger partial charge on any atom is -0.368 e. The standard InChI is InChI=1S/C8H13NO3/c1-5-7(3-4-8(10)11)6(2)12-9-5/h8,10-11H,3-4H2,1-2H3. The highest BCUT2D eigenvalue weighted by atomic mass is 16.5. The molecular formula is C8H13NO3. The monoisotopic (exact) mass is 171 g/mol. The van der Waals surface area contributed by atoms with Crippen molar-refractivity contribution < 1.29 is 14.7 Å². The van der Waals surface area contributed by atoms with E-state index < -0.39 is 6.29 Å². The normalized spacial score (nSPS) is 11.1. The highest BCUT2D eigenvalue weighted by Gasteiger charge is 2.09. The molecule has 12 heavy (non-hydrogen) atoms. The molecule has 0 unspecified atom stereocenters. The molecule has 1 aromatic heterocycles. The van der Waals surface area contributed by atoms with Crippen molar-refractivity contribution in [2.45, 2.75) is 33.0 Å². The summed E-state index contributed by atoms with van der Waals surface area (Å²) in [6, 6.07) is 0. The second-order valence-corrected chi connectivity index (χ2v) is 2.82. The van der Waals surface area contributed by atoms with Crippen LogP contribution in [0, 0.1) is 13.8 Å². The van der Waals surface area contributed by atoms with Crippen molar-refractivity contribution in [2.75, 3.05) is 0 Å². The fraction of sp³-hybridized carbons (Fsp3) is 0.625. The lowest BCUT2D eigenvalue weighted by Crippen LogP contribution is -2.06. The van der Waals surface area contributed by atoms with Crippen LogP contribution in [0.25, 0.3) is 0 Å². The molecule has 0 aliphatic carbocycles. The molecule has 4 nitrogen and oxygen atoms in total. The molecule has 0 aliphatic rings. The molecule has 0 bridgehead atoms. The van der Waals surface area contributed by atoms with Crippen LogP contribution in [0.2, 0.25) is 0 Å². The van der Waals surface area contributed by atoms with Crippen LogP contribution in [0.4, 0.5) is 0 Å². The molecule has 1 aromatic rings. The first-order valence-electron chi connectivity index (χ1n) is 3.89. The van der Waals surface area contributed by atoms with Crippen molar-refractivity contribution in [3.8, 4) is 0 Å². The van der Waals surface area contributed by atoms with Crippen molar-refractivity contribution in [1.29, 1.82) is 0 Å². The maximum atomic E-state index is 8.64. The van der Waals surface area contributed by atoms with Crippen molar-refractivity contribution in [3.63, 3.8) is 0 Å². The molecule has 1 heterocycles. The lowest BCUT2D eigenvalue weighted by molar-refractivity contribution is -0.0447. The van der Waals surface area contributed by atoms with E-state index in [0.717, 1.165) is 17.0 Å². The summed E-state index contributed by atoms with van der Waals surface area (Å²) in [5.74, 6) is 0.758. The predicted octanol–water partition coefficient (Wildman–Crippen LogP) is 0.535. The van der Waals surface area contributed by atoms with Gasteiger partial charge in [0, 0.05) is 12.0 Å². The summed E-state index contributed by atoms with van der Waals surface area (Å²) in [6.45, 7) is 3.66. The van der Waals surface area contributed by atoms with Crippen molar-refractivity contribution in [1.82, 2.24) is 5.16 Å². The van der Waals surface area contributed by atoms with Gasteiger partial charge in [-0.05, 0) is 20.3 Å². The highest BCUT2D eigenvalue weighted by molar-refractivity contribution is 5.20. The zero-order valence-corrected chi connectivity index (χ0v) is 7.24. The summed E-state index contributed by atoms with van der Waals surface area (Å²) in [7, 11) is 0.